The molecule has 0 aromatic carbocycles. The predicted molar refractivity (Wildman–Crippen MR) is 101 cm³/mol. The monoisotopic (exact) mass is 584 g/mol. The Hall–Kier alpha value is -0.400. The molecule has 1 aliphatic heterocycles. The molecule has 1 saturated heterocycles. The lowest BCUT2D eigenvalue weighted by Crippen LogP contribution is -2.57. The fourth-order valence-corrected chi connectivity index (χ4v) is 6.09. The molecule has 2 rings (SSSR count). The Morgan fingerprint density at radius 2 is 1.73 bits per heavy atom. The van der Waals surface area contributed by atoms with Crippen molar-refractivity contribution < 1.29 is 74.5 Å². The number of H-pyrrole nitrogens is 1. The van der Waals surface area contributed by atoms with Gasteiger partial charge in [0.2, 0.25) is 5.60 Å². The average molecular weight is 584 g/mol. The maximum absolute atomic E-state index is 13.7. The number of nitrogens with zero attached hydrogens (tertiary/aromatic N) is 1. The van der Waals surface area contributed by atoms with Gasteiger partial charge in [0.05, 0.1) is 6.61 Å². The SMILES string of the molecule is O=P(O)(O)OP(=O)(O)OP(=O)(O)OC[C@H]1O[C@@H](n2ccc(=S)[nH]c2=S)C(O)(C(F)(F)F)C1O. The highest BCUT2D eigenvalue weighted by Gasteiger charge is 2.71. The molecule has 0 radical (unpaired) electrons. The van der Waals surface area contributed by atoms with E-state index in [-0.39, 0.29) is 4.64 Å². The number of ether oxygens (including phenoxy) is 1. The molecule has 33 heavy (non-hydrogen) atoms. The van der Waals surface area contributed by atoms with Crippen molar-refractivity contribution in [1.29, 1.82) is 0 Å². The summed E-state index contributed by atoms with van der Waals surface area (Å²) in [6.07, 6.45) is -12.2. The summed E-state index contributed by atoms with van der Waals surface area (Å²) < 4.78 is 90.8. The molecule has 0 spiro atoms. The molecule has 190 valence electrons. The number of phosphoric ester groups is 1. The lowest BCUT2D eigenvalue weighted by atomic mass is 9.93. The van der Waals surface area contributed by atoms with E-state index in [1.54, 1.807) is 0 Å². The fraction of sp³-hybridized carbons (Fsp3) is 0.600. The van der Waals surface area contributed by atoms with Crippen molar-refractivity contribution in [2.75, 3.05) is 6.61 Å². The van der Waals surface area contributed by atoms with E-state index in [0.29, 0.717) is 4.57 Å². The molecule has 15 nitrogen and oxygen atoms in total. The van der Waals surface area contributed by atoms with Crippen LogP contribution in [0.5, 0.6) is 0 Å². The van der Waals surface area contributed by atoms with E-state index in [1.807, 2.05) is 0 Å². The number of aromatic amines is 1. The molecule has 1 aliphatic rings. The van der Waals surface area contributed by atoms with Crippen LogP contribution in [-0.2, 0) is 31.6 Å². The summed E-state index contributed by atoms with van der Waals surface area (Å²) in [5.41, 5.74) is -4.04. The third-order valence-corrected chi connectivity index (χ3v) is 8.21. The van der Waals surface area contributed by atoms with E-state index >= 15 is 0 Å². The molecule has 2 heterocycles. The number of aliphatic hydroxyl groups is 2. The highest BCUT2D eigenvalue weighted by molar-refractivity contribution is 7.72. The topological polar surface area (TPSA) is 230 Å². The molecule has 23 heteroatoms. The van der Waals surface area contributed by atoms with Crippen molar-refractivity contribution in [2.45, 2.75) is 30.2 Å². The van der Waals surface area contributed by atoms with Crippen LogP contribution in [0.3, 0.4) is 0 Å². The lowest BCUT2D eigenvalue weighted by molar-refractivity contribution is -0.304. The van der Waals surface area contributed by atoms with Gasteiger partial charge in [-0.3, -0.25) is 9.09 Å². The summed E-state index contributed by atoms with van der Waals surface area (Å²) in [6, 6.07) is 1.08. The summed E-state index contributed by atoms with van der Waals surface area (Å²) in [7, 11) is -17.3. The van der Waals surface area contributed by atoms with Crippen molar-refractivity contribution in [1.82, 2.24) is 9.55 Å². The maximum atomic E-state index is 13.7. The Morgan fingerprint density at radius 1 is 1.15 bits per heavy atom. The van der Waals surface area contributed by atoms with Gasteiger partial charge in [0, 0.05) is 6.20 Å². The second kappa shape index (κ2) is 9.57. The van der Waals surface area contributed by atoms with Crippen LogP contribution < -0.4 is 0 Å². The highest BCUT2D eigenvalue weighted by atomic mass is 32.1. The first kappa shape index (κ1) is 28.8. The smallest absolute Gasteiger partial charge is 0.387 e. The Labute approximate surface area is 190 Å². The number of aliphatic hydroxyl groups excluding tert-OH is 1. The predicted octanol–water partition coefficient (Wildman–Crippen LogP) is 1.17. The van der Waals surface area contributed by atoms with Gasteiger partial charge in [-0.25, -0.2) is 13.7 Å². The number of halogens is 3. The molecule has 6 atom stereocenters. The van der Waals surface area contributed by atoms with Gasteiger partial charge in [-0.05, 0) is 18.3 Å². The van der Waals surface area contributed by atoms with Crippen molar-refractivity contribution in [2.24, 2.45) is 0 Å². The Balaban J connectivity index is 2.29. The molecule has 1 fully saturated rings. The standard InChI is InChI=1S/C10H14F3N2O13P3S2/c11-10(12,13)9(17)6(16)4(26-7(9)15-2-1-5(32)14-8(15)33)3-25-30(21,22)28-31(23,24)27-29(18,19)20/h1-2,4,6-7,16-17H,3H2,(H,21,22)(H,23,24)(H,14,32,33)(H2,18,19,20)/t4-,6?,7-,9?/m1/s1. The van der Waals surface area contributed by atoms with E-state index < -0.39 is 65.1 Å². The van der Waals surface area contributed by atoms with E-state index in [9.17, 15) is 42.0 Å². The van der Waals surface area contributed by atoms with Gasteiger partial charge in [-0.15, -0.1) is 0 Å². The van der Waals surface area contributed by atoms with Crippen LogP contribution in [0.4, 0.5) is 13.2 Å². The second-order valence-corrected chi connectivity index (χ2v) is 11.4. The zero-order chi connectivity index (χ0) is 25.6. The summed E-state index contributed by atoms with van der Waals surface area (Å²) in [5.74, 6) is 0. The number of hydrogen-bond donors (Lipinski definition) is 7. The first-order valence-corrected chi connectivity index (χ1v) is 13.2. The lowest BCUT2D eigenvalue weighted by Gasteiger charge is -2.33. The molecule has 4 unspecified atom stereocenters. The van der Waals surface area contributed by atoms with Gasteiger partial charge in [0.15, 0.2) is 11.0 Å². The zero-order valence-corrected chi connectivity index (χ0v) is 19.7. The number of hydrogen-bond acceptors (Lipinski definition) is 11. The van der Waals surface area contributed by atoms with Crippen LogP contribution in [0.2, 0.25) is 0 Å². The van der Waals surface area contributed by atoms with Crippen molar-refractivity contribution >= 4 is 47.9 Å². The summed E-state index contributed by atoms with van der Waals surface area (Å²) >= 11 is 9.60. The molecule has 1 aromatic rings. The quantitative estimate of drug-likeness (QED) is 0.168. The maximum Gasteiger partial charge on any atom is 0.490 e. The van der Waals surface area contributed by atoms with Gasteiger partial charge in [-0.1, -0.05) is 12.2 Å². The van der Waals surface area contributed by atoms with Crippen molar-refractivity contribution in [3.05, 3.63) is 21.7 Å². The van der Waals surface area contributed by atoms with Crippen molar-refractivity contribution in [3.8, 4) is 0 Å². The van der Waals surface area contributed by atoms with Crippen LogP contribution in [0.15, 0.2) is 12.3 Å². The number of phosphoric acid groups is 3. The van der Waals surface area contributed by atoms with Crippen LogP contribution in [-0.4, -0.2) is 69.9 Å². The van der Waals surface area contributed by atoms with E-state index in [0.717, 1.165) is 12.3 Å². The minimum absolute atomic E-state index is 0.00885. The second-order valence-electron chi connectivity index (χ2n) is 6.20. The highest BCUT2D eigenvalue weighted by Crippen LogP contribution is 2.66. The summed E-state index contributed by atoms with van der Waals surface area (Å²) in [4.78, 5) is 37.7. The van der Waals surface area contributed by atoms with E-state index in [1.165, 1.54) is 0 Å². The molecule has 0 aliphatic carbocycles. The summed E-state index contributed by atoms with van der Waals surface area (Å²) in [5, 5.41) is 20.4. The molecule has 7 N–H and O–H groups in total. The van der Waals surface area contributed by atoms with E-state index in [4.69, 9.17) is 43.9 Å². The molecule has 0 amide bonds. The Kier molecular flexibility index (Phi) is 8.36. The molecule has 0 bridgehead atoms. The zero-order valence-electron chi connectivity index (χ0n) is 15.4. The molecule has 1 aromatic heterocycles. The van der Waals surface area contributed by atoms with Gasteiger partial charge in [0.25, 0.3) is 0 Å². The first-order chi connectivity index (χ1) is 14.7. The first-order valence-electron chi connectivity index (χ1n) is 7.91. The number of aromatic nitrogens is 2. The minimum Gasteiger partial charge on any atom is -0.387 e. The average Bonchev–Trinajstić information content (AvgIpc) is 2.82. The third-order valence-electron chi connectivity index (χ3n) is 3.86. The summed E-state index contributed by atoms with van der Waals surface area (Å²) in [6.45, 7) is -1.46. The number of alkyl halides is 3. The van der Waals surface area contributed by atoms with Crippen LogP contribution in [0.1, 0.15) is 6.23 Å². The van der Waals surface area contributed by atoms with Crippen LogP contribution in [0.25, 0.3) is 0 Å². The van der Waals surface area contributed by atoms with Crippen molar-refractivity contribution in [3.63, 3.8) is 0 Å². The third kappa shape index (κ3) is 6.84. The minimum atomic E-state index is -5.90. The number of rotatable bonds is 8. The Morgan fingerprint density at radius 3 is 2.21 bits per heavy atom. The van der Waals surface area contributed by atoms with Crippen LogP contribution >= 0.6 is 47.9 Å². The normalized spacial score (nSPS) is 30.0. The Bertz CT molecular complexity index is 1150. The molecular formula is C10H14F3N2O13P3S2. The molecule has 0 saturated carbocycles. The molecular weight excluding hydrogens is 570 g/mol. The van der Waals surface area contributed by atoms with Gasteiger partial charge in [-0.2, -0.15) is 21.8 Å². The van der Waals surface area contributed by atoms with Gasteiger partial charge >= 0.3 is 29.6 Å². The largest absolute Gasteiger partial charge is 0.490 e. The van der Waals surface area contributed by atoms with Gasteiger partial charge in [0.1, 0.15) is 16.8 Å². The van der Waals surface area contributed by atoms with E-state index in [2.05, 4.69) is 18.1 Å². The van der Waals surface area contributed by atoms with Crippen LogP contribution in [0, 0.1) is 9.41 Å². The number of nitrogens with one attached hydrogen (secondary N) is 1. The fourth-order valence-electron chi connectivity index (χ4n) is 2.57. The van der Waals surface area contributed by atoms with Gasteiger partial charge < -0.3 is 39.5 Å².